The molecule has 0 spiro atoms. The van der Waals surface area contributed by atoms with Gasteiger partial charge in [-0.1, -0.05) is 12.1 Å². The van der Waals surface area contributed by atoms with Gasteiger partial charge in [0.1, 0.15) is 29.1 Å². The van der Waals surface area contributed by atoms with Gasteiger partial charge < -0.3 is 19.8 Å². The lowest BCUT2D eigenvalue weighted by molar-refractivity contribution is -0.139. The number of ether oxygens (including phenoxy) is 2. The average Bonchev–Trinajstić information content (AvgIpc) is 3.40. The first kappa shape index (κ1) is 28.3. The monoisotopic (exact) mass is 578 g/mol. The topological polar surface area (TPSA) is 138 Å². The number of H-pyrrole nitrogens is 1. The van der Waals surface area contributed by atoms with E-state index in [0.29, 0.717) is 50.6 Å². The number of nitrogens with zero attached hydrogens (tertiary/aromatic N) is 4. The number of pyridine rings is 3. The second kappa shape index (κ2) is 11.4. The molecule has 0 saturated heterocycles. The van der Waals surface area contributed by atoms with Crippen molar-refractivity contribution in [1.29, 1.82) is 0 Å². The molecule has 42 heavy (non-hydrogen) atoms. The van der Waals surface area contributed by atoms with Crippen molar-refractivity contribution in [2.75, 3.05) is 6.61 Å². The zero-order valence-electron chi connectivity index (χ0n) is 22.5. The number of carbonyl (C=O) groups excluding carboxylic acids is 1. The minimum absolute atomic E-state index is 0.0160. The van der Waals surface area contributed by atoms with Gasteiger partial charge in [-0.2, -0.15) is 18.3 Å². The van der Waals surface area contributed by atoms with E-state index in [4.69, 9.17) is 15.2 Å². The predicted molar refractivity (Wildman–Crippen MR) is 147 cm³/mol. The number of fused-ring (bicyclic) bond motifs is 1. The SMILES string of the molecule is Cc1cc(-c2n[nH]cc2OCC(N)=O)c2cccc(OCc3c(C)ccnc3Cn3cccc(C(F)(F)F)c3=O)c2n1. The fraction of sp³-hybridized carbons (Fsp3) is 0.207. The van der Waals surface area contributed by atoms with Crippen molar-refractivity contribution >= 4 is 16.8 Å². The highest BCUT2D eigenvalue weighted by atomic mass is 19.4. The molecular weight excluding hydrogens is 553 g/mol. The fourth-order valence-electron chi connectivity index (χ4n) is 4.56. The molecule has 0 unspecified atom stereocenters. The van der Waals surface area contributed by atoms with E-state index in [1.165, 1.54) is 24.7 Å². The lowest BCUT2D eigenvalue weighted by atomic mass is 10.0. The van der Waals surface area contributed by atoms with E-state index in [0.717, 1.165) is 16.2 Å². The minimum Gasteiger partial charge on any atom is -0.487 e. The molecule has 1 aromatic carbocycles. The second-order valence-electron chi connectivity index (χ2n) is 9.51. The van der Waals surface area contributed by atoms with Gasteiger partial charge in [0.05, 0.1) is 18.4 Å². The molecule has 4 aromatic heterocycles. The summed E-state index contributed by atoms with van der Waals surface area (Å²) in [7, 11) is 0. The molecule has 5 rings (SSSR count). The zero-order chi connectivity index (χ0) is 30.0. The van der Waals surface area contributed by atoms with Gasteiger partial charge in [-0.15, -0.1) is 0 Å². The van der Waals surface area contributed by atoms with Crippen molar-refractivity contribution in [1.82, 2.24) is 24.7 Å². The van der Waals surface area contributed by atoms with Gasteiger partial charge in [0, 0.05) is 34.6 Å². The number of nitrogens with two attached hydrogens (primary N) is 1. The van der Waals surface area contributed by atoms with Crippen LogP contribution in [0.25, 0.3) is 22.2 Å². The molecule has 10 nitrogen and oxygen atoms in total. The maximum atomic E-state index is 13.3. The van der Waals surface area contributed by atoms with Gasteiger partial charge in [-0.3, -0.25) is 19.7 Å². The minimum atomic E-state index is -4.77. The standard InChI is InChI=1S/C29H25F3N6O4/c1-16-8-9-34-22(13-38-10-4-6-21(28(38)40)29(30,31)32)20(16)14-41-23-7-3-5-18-19(11-17(2)36-26(18)23)27-24(12-35-37-27)42-15-25(33)39/h3-12H,13-15H2,1-2H3,(H2,33,39)(H,35,37). The lowest BCUT2D eigenvalue weighted by Crippen LogP contribution is -2.29. The van der Waals surface area contributed by atoms with Crippen molar-refractivity contribution in [3.05, 3.63) is 99.5 Å². The number of aromatic nitrogens is 5. The average molecular weight is 579 g/mol. The molecule has 0 aliphatic rings. The van der Waals surface area contributed by atoms with Crippen molar-refractivity contribution < 1.29 is 27.4 Å². The van der Waals surface area contributed by atoms with Gasteiger partial charge in [0.25, 0.3) is 11.5 Å². The number of halogens is 3. The van der Waals surface area contributed by atoms with E-state index in [9.17, 15) is 22.8 Å². The molecule has 0 radical (unpaired) electrons. The summed E-state index contributed by atoms with van der Waals surface area (Å²) in [5.41, 5.74) is 6.98. The van der Waals surface area contributed by atoms with Gasteiger partial charge in [0.2, 0.25) is 0 Å². The number of rotatable bonds is 9. The van der Waals surface area contributed by atoms with Crippen molar-refractivity contribution in [2.24, 2.45) is 5.73 Å². The van der Waals surface area contributed by atoms with E-state index in [1.54, 1.807) is 18.2 Å². The number of carbonyl (C=O) groups is 1. The smallest absolute Gasteiger partial charge is 0.421 e. The molecule has 3 N–H and O–H groups in total. The summed E-state index contributed by atoms with van der Waals surface area (Å²) < 4.78 is 52.6. The van der Waals surface area contributed by atoms with Crippen molar-refractivity contribution in [3.63, 3.8) is 0 Å². The van der Waals surface area contributed by atoms with Crippen LogP contribution in [0.4, 0.5) is 13.2 Å². The maximum absolute atomic E-state index is 13.3. The number of nitrogens with one attached hydrogen (secondary N) is 1. The molecule has 0 aliphatic carbocycles. The third-order valence-corrected chi connectivity index (χ3v) is 6.56. The highest BCUT2D eigenvalue weighted by Crippen LogP contribution is 2.36. The van der Waals surface area contributed by atoms with Crippen LogP contribution in [-0.4, -0.2) is 37.2 Å². The number of benzene rings is 1. The fourth-order valence-corrected chi connectivity index (χ4v) is 4.56. The summed E-state index contributed by atoms with van der Waals surface area (Å²) in [6.45, 7) is 3.16. The highest BCUT2D eigenvalue weighted by Gasteiger charge is 2.34. The molecule has 216 valence electrons. The lowest BCUT2D eigenvalue weighted by Gasteiger charge is -2.16. The zero-order valence-corrected chi connectivity index (χ0v) is 22.5. The number of aryl methyl sites for hydroxylation is 2. The largest absolute Gasteiger partial charge is 0.487 e. The Morgan fingerprint density at radius 2 is 1.90 bits per heavy atom. The summed E-state index contributed by atoms with van der Waals surface area (Å²) in [6, 6.07) is 10.9. The molecule has 1 amide bonds. The van der Waals surface area contributed by atoms with Crippen LogP contribution in [0.1, 0.15) is 28.1 Å². The Morgan fingerprint density at radius 1 is 1.10 bits per heavy atom. The Labute approximate surface area is 236 Å². The van der Waals surface area contributed by atoms with Crippen LogP contribution in [0.3, 0.4) is 0 Å². The quantitative estimate of drug-likeness (QED) is 0.266. The van der Waals surface area contributed by atoms with E-state index in [2.05, 4.69) is 20.2 Å². The van der Waals surface area contributed by atoms with E-state index < -0.39 is 23.2 Å². The Kier molecular flexibility index (Phi) is 7.66. The first-order chi connectivity index (χ1) is 20.0. The van der Waals surface area contributed by atoms with Crippen LogP contribution in [0.5, 0.6) is 11.5 Å². The van der Waals surface area contributed by atoms with Crippen LogP contribution in [0, 0.1) is 13.8 Å². The normalized spacial score (nSPS) is 11.5. The molecule has 5 aromatic rings. The van der Waals surface area contributed by atoms with Crippen LogP contribution in [-0.2, 0) is 24.1 Å². The summed E-state index contributed by atoms with van der Waals surface area (Å²) in [4.78, 5) is 32.8. The van der Waals surface area contributed by atoms with Gasteiger partial charge in [-0.05, 0) is 49.7 Å². The van der Waals surface area contributed by atoms with Crippen LogP contribution in [0.15, 0.2) is 65.8 Å². The first-order valence-corrected chi connectivity index (χ1v) is 12.7. The van der Waals surface area contributed by atoms with Gasteiger partial charge >= 0.3 is 6.18 Å². The molecule has 0 fully saturated rings. The predicted octanol–water partition coefficient (Wildman–Crippen LogP) is 4.31. The number of amides is 1. The van der Waals surface area contributed by atoms with Crippen LogP contribution < -0.4 is 20.8 Å². The first-order valence-electron chi connectivity index (χ1n) is 12.7. The Hall–Kier alpha value is -5.20. The van der Waals surface area contributed by atoms with Crippen molar-refractivity contribution in [2.45, 2.75) is 33.2 Å². The van der Waals surface area contributed by atoms with E-state index in [-0.39, 0.29) is 19.8 Å². The van der Waals surface area contributed by atoms with E-state index >= 15 is 0 Å². The maximum Gasteiger partial charge on any atom is 0.421 e. The molecule has 0 bridgehead atoms. The highest BCUT2D eigenvalue weighted by molar-refractivity contribution is 5.98. The Balaban J connectivity index is 1.48. The molecular formula is C29H25F3N6O4. The van der Waals surface area contributed by atoms with E-state index in [1.807, 2.05) is 26.0 Å². The molecule has 0 atom stereocenters. The van der Waals surface area contributed by atoms with Gasteiger partial charge in [-0.25, -0.2) is 4.98 Å². The number of alkyl halides is 3. The number of hydrogen-bond acceptors (Lipinski definition) is 7. The molecule has 13 heteroatoms. The van der Waals surface area contributed by atoms with Crippen molar-refractivity contribution in [3.8, 4) is 22.8 Å². The van der Waals surface area contributed by atoms with Crippen LogP contribution in [0.2, 0.25) is 0 Å². The Bertz CT molecular complexity index is 1850. The summed E-state index contributed by atoms with van der Waals surface area (Å²) in [5, 5.41) is 7.74. The Morgan fingerprint density at radius 3 is 2.67 bits per heavy atom. The van der Waals surface area contributed by atoms with Crippen LogP contribution >= 0.6 is 0 Å². The second-order valence-corrected chi connectivity index (χ2v) is 9.51. The molecule has 4 heterocycles. The summed E-state index contributed by atoms with van der Waals surface area (Å²) in [6.07, 6.45) is -0.428. The molecule has 0 aliphatic heterocycles. The number of para-hydroxylation sites is 1. The third kappa shape index (κ3) is 5.80. The summed E-state index contributed by atoms with van der Waals surface area (Å²) >= 11 is 0. The number of hydrogen-bond donors (Lipinski definition) is 2. The number of primary amides is 1. The molecule has 0 saturated carbocycles. The van der Waals surface area contributed by atoms with Gasteiger partial charge in [0.15, 0.2) is 12.4 Å². The summed E-state index contributed by atoms with van der Waals surface area (Å²) in [5.74, 6) is 0.155. The number of aromatic amines is 1. The third-order valence-electron chi connectivity index (χ3n) is 6.56.